The quantitative estimate of drug-likeness (QED) is 0.511. The molecule has 0 radical (unpaired) electrons. The molecule has 130 valence electrons. The standard InChI is InChI=1S/C20H34N2O/c1-23-20-14-12-18(13-15-20)17-19(22)11-9-7-5-3-2-4-6-8-10-16-21/h12-15,17H,2-11,16,21-22H2,1H3. The lowest BCUT2D eigenvalue weighted by Gasteiger charge is -2.04. The first-order chi connectivity index (χ1) is 11.3. The number of benzene rings is 1. The van der Waals surface area contributed by atoms with Crippen LogP contribution in [0.5, 0.6) is 5.75 Å². The third-order valence-corrected chi connectivity index (χ3v) is 4.14. The molecule has 1 aromatic rings. The molecule has 0 spiro atoms. The molecule has 1 aromatic carbocycles. The predicted molar refractivity (Wildman–Crippen MR) is 100 cm³/mol. The summed E-state index contributed by atoms with van der Waals surface area (Å²) >= 11 is 0. The van der Waals surface area contributed by atoms with Crippen molar-refractivity contribution < 1.29 is 4.74 Å². The van der Waals surface area contributed by atoms with E-state index in [9.17, 15) is 0 Å². The maximum absolute atomic E-state index is 6.10. The van der Waals surface area contributed by atoms with Gasteiger partial charge < -0.3 is 16.2 Å². The zero-order valence-corrected chi connectivity index (χ0v) is 14.7. The molecule has 0 aromatic heterocycles. The fraction of sp³-hybridized carbons (Fsp3) is 0.600. The average Bonchev–Trinajstić information content (AvgIpc) is 2.57. The van der Waals surface area contributed by atoms with E-state index in [0.29, 0.717) is 0 Å². The molecule has 0 aliphatic heterocycles. The molecule has 23 heavy (non-hydrogen) atoms. The zero-order valence-electron chi connectivity index (χ0n) is 14.7. The van der Waals surface area contributed by atoms with Gasteiger partial charge in [-0.2, -0.15) is 0 Å². The fourth-order valence-electron chi connectivity index (χ4n) is 2.70. The summed E-state index contributed by atoms with van der Waals surface area (Å²) in [6.07, 6.45) is 14.7. The number of hydrogen-bond acceptors (Lipinski definition) is 3. The molecule has 3 heteroatoms. The first-order valence-corrected chi connectivity index (χ1v) is 9.06. The SMILES string of the molecule is COc1ccc(C=C(N)CCCCCCCCCCCN)cc1. The minimum Gasteiger partial charge on any atom is -0.497 e. The molecule has 0 aliphatic carbocycles. The second-order valence-electron chi connectivity index (χ2n) is 6.21. The summed E-state index contributed by atoms with van der Waals surface area (Å²) in [5, 5.41) is 0. The summed E-state index contributed by atoms with van der Waals surface area (Å²) < 4.78 is 5.16. The van der Waals surface area contributed by atoms with Gasteiger partial charge >= 0.3 is 0 Å². The van der Waals surface area contributed by atoms with Crippen molar-refractivity contribution in [3.8, 4) is 5.75 Å². The lowest BCUT2D eigenvalue weighted by atomic mass is 10.1. The summed E-state index contributed by atoms with van der Waals surface area (Å²) in [5.41, 5.74) is 13.7. The van der Waals surface area contributed by atoms with Crippen LogP contribution in [0.1, 0.15) is 69.8 Å². The number of methoxy groups -OCH3 is 1. The highest BCUT2D eigenvalue weighted by Crippen LogP contribution is 2.15. The lowest BCUT2D eigenvalue weighted by molar-refractivity contribution is 0.415. The van der Waals surface area contributed by atoms with Gasteiger partial charge in [-0.25, -0.2) is 0 Å². The van der Waals surface area contributed by atoms with E-state index in [1.54, 1.807) is 7.11 Å². The minimum absolute atomic E-state index is 0.839. The normalized spacial score (nSPS) is 11.7. The van der Waals surface area contributed by atoms with Crippen LogP contribution >= 0.6 is 0 Å². The van der Waals surface area contributed by atoms with E-state index in [2.05, 4.69) is 6.08 Å². The third-order valence-electron chi connectivity index (χ3n) is 4.14. The predicted octanol–water partition coefficient (Wildman–Crippen LogP) is 4.85. The van der Waals surface area contributed by atoms with E-state index in [-0.39, 0.29) is 0 Å². The van der Waals surface area contributed by atoms with Gasteiger partial charge in [-0.15, -0.1) is 0 Å². The second-order valence-corrected chi connectivity index (χ2v) is 6.21. The fourth-order valence-corrected chi connectivity index (χ4v) is 2.70. The van der Waals surface area contributed by atoms with Gasteiger partial charge in [0.25, 0.3) is 0 Å². The number of nitrogens with two attached hydrogens (primary N) is 2. The van der Waals surface area contributed by atoms with Crippen LogP contribution in [0.15, 0.2) is 30.0 Å². The molecule has 1 rings (SSSR count). The highest BCUT2D eigenvalue weighted by Gasteiger charge is 1.96. The van der Waals surface area contributed by atoms with Crippen molar-refractivity contribution >= 4 is 6.08 Å². The molecule has 0 saturated carbocycles. The summed E-state index contributed by atoms with van der Waals surface area (Å²) in [7, 11) is 1.68. The highest BCUT2D eigenvalue weighted by atomic mass is 16.5. The van der Waals surface area contributed by atoms with Crippen LogP contribution in [0.2, 0.25) is 0 Å². The van der Waals surface area contributed by atoms with Crippen molar-refractivity contribution in [3.05, 3.63) is 35.5 Å². The number of hydrogen-bond donors (Lipinski definition) is 2. The van der Waals surface area contributed by atoms with Gasteiger partial charge in [0.2, 0.25) is 0 Å². The lowest BCUT2D eigenvalue weighted by Crippen LogP contribution is -1.97. The van der Waals surface area contributed by atoms with Crippen LogP contribution in [0, 0.1) is 0 Å². The van der Waals surface area contributed by atoms with Gasteiger partial charge in [0.05, 0.1) is 7.11 Å². The molecule has 0 fully saturated rings. The van der Waals surface area contributed by atoms with Crippen LogP contribution in [0.3, 0.4) is 0 Å². The second kappa shape index (κ2) is 13.0. The van der Waals surface area contributed by atoms with Gasteiger partial charge in [-0.3, -0.25) is 0 Å². The first-order valence-electron chi connectivity index (χ1n) is 9.06. The molecule has 0 unspecified atom stereocenters. The van der Waals surface area contributed by atoms with Crippen molar-refractivity contribution in [2.45, 2.75) is 64.2 Å². The molecule has 0 bridgehead atoms. The average molecular weight is 319 g/mol. The van der Waals surface area contributed by atoms with Crippen LogP contribution < -0.4 is 16.2 Å². The van der Waals surface area contributed by atoms with Crippen LogP contribution in [0.4, 0.5) is 0 Å². The summed E-state index contributed by atoms with van der Waals surface area (Å²) in [6.45, 7) is 0.839. The molecule has 4 N–H and O–H groups in total. The molecule has 0 amide bonds. The maximum Gasteiger partial charge on any atom is 0.118 e. The largest absolute Gasteiger partial charge is 0.497 e. The van der Waals surface area contributed by atoms with E-state index in [1.807, 2.05) is 24.3 Å². The Bertz CT molecular complexity index is 426. The molecule has 0 atom stereocenters. The molecule has 3 nitrogen and oxygen atoms in total. The molecular formula is C20H34N2O. The van der Waals surface area contributed by atoms with E-state index in [1.165, 1.54) is 57.8 Å². The minimum atomic E-state index is 0.839. The van der Waals surface area contributed by atoms with E-state index >= 15 is 0 Å². The first kappa shape index (κ1) is 19.6. The molecule has 0 heterocycles. The van der Waals surface area contributed by atoms with Crippen LogP contribution in [-0.2, 0) is 0 Å². The number of allylic oxidation sites excluding steroid dienone is 1. The zero-order chi connectivity index (χ0) is 16.8. The summed E-state index contributed by atoms with van der Waals surface area (Å²) in [6, 6.07) is 8.01. The van der Waals surface area contributed by atoms with Crippen molar-refractivity contribution in [1.82, 2.24) is 0 Å². The Morgan fingerprint density at radius 3 is 1.91 bits per heavy atom. The van der Waals surface area contributed by atoms with E-state index in [4.69, 9.17) is 16.2 Å². The van der Waals surface area contributed by atoms with Crippen molar-refractivity contribution in [3.63, 3.8) is 0 Å². The van der Waals surface area contributed by atoms with Crippen molar-refractivity contribution in [2.75, 3.05) is 13.7 Å². The molecule has 0 saturated heterocycles. The number of rotatable bonds is 13. The highest BCUT2D eigenvalue weighted by molar-refractivity contribution is 5.53. The Morgan fingerprint density at radius 1 is 0.870 bits per heavy atom. The Labute approximate surface area is 142 Å². The van der Waals surface area contributed by atoms with Crippen molar-refractivity contribution in [2.24, 2.45) is 11.5 Å². The molecular weight excluding hydrogens is 284 g/mol. The van der Waals surface area contributed by atoms with Crippen LogP contribution in [0.25, 0.3) is 6.08 Å². The summed E-state index contributed by atoms with van der Waals surface area (Å²) in [4.78, 5) is 0. The van der Waals surface area contributed by atoms with Gasteiger partial charge in [0.1, 0.15) is 5.75 Å². The number of unbranched alkanes of at least 4 members (excludes halogenated alkanes) is 8. The maximum atomic E-state index is 6.10. The Balaban J connectivity index is 2.05. The van der Waals surface area contributed by atoms with Gasteiger partial charge in [0, 0.05) is 5.70 Å². The van der Waals surface area contributed by atoms with Crippen molar-refractivity contribution in [1.29, 1.82) is 0 Å². The topological polar surface area (TPSA) is 61.3 Å². The van der Waals surface area contributed by atoms with Gasteiger partial charge in [-0.05, 0) is 49.6 Å². The Kier molecular flexibility index (Phi) is 11.1. The molecule has 0 aliphatic rings. The van der Waals surface area contributed by atoms with Crippen LogP contribution in [-0.4, -0.2) is 13.7 Å². The third kappa shape index (κ3) is 10.0. The smallest absolute Gasteiger partial charge is 0.118 e. The van der Waals surface area contributed by atoms with E-state index in [0.717, 1.165) is 30.0 Å². The summed E-state index contributed by atoms with van der Waals surface area (Å²) in [5.74, 6) is 0.878. The van der Waals surface area contributed by atoms with Gasteiger partial charge in [-0.1, -0.05) is 57.1 Å². The monoisotopic (exact) mass is 318 g/mol. The number of ether oxygens (including phenoxy) is 1. The Morgan fingerprint density at radius 2 is 1.39 bits per heavy atom. The Hall–Kier alpha value is -1.48. The van der Waals surface area contributed by atoms with Gasteiger partial charge in [0.15, 0.2) is 0 Å². The van der Waals surface area contributed by atoms with E-state index < -0.39 is 0 Å².